The minimum atomic E-state index is -3.75. The zero-order valence-corrected chi connectivity index (χ0v) is 57.5. The summed E-state index contributed by atoms with van der Waals surface area (Å²) in [5.74, 6) is -6.04. The van der Waals surface area contributed by atoms with Gasteiger partial charge in [0.25, 0.3) is 11.8 Å². The van der Waals surface area contributed by atoms with Gasteiger partial charge in [-0.3, -0.25) is 38.4 Å². The lowest BCUT2D eigenvalue weighted by Gasteiger charge is -2.31. The van der Waals surface area contributed by atoms with Gasteiger partial charge in [0.1, 0.15) is 39.8 Å². The van der Waals surface area contributed by atoms with Crippen LogP contribution in [0.15, 0.2) is 50.8 Å². The van der Waals surface area contributed by atoms with Crippen molar-refractivity contribution in [2.45, 2.75) is 128 Å². The number of methoxy groups -OCH3 is 2. The van der Waals surface area contributed by atoms with Crippen LogP contribution < -0.4 is 50.6 Å². The third kappa shape index (κ3) is 13.7. The minimum Gasteiger partial charge on any atom is -0.503 e. The first-order chi connectivity index (χ1) is 43.6. The molecule has 0 saturated heterocycles. The van der Waals surface area contributed by atoms with Crippen LogP contribution in [0.4, 0.5) is 8.78 Å². The zero-order chi connectivity index (χ0) is 68.4. The van der Waals surface area contributed by atoms with E-state index in [2.05, 4.69) is 24.8 Å². The monoisotopic (exact) mass is 1500 g/mol. The van der Waals surface area contributed by atoms with Gasteiger partial charge < -0.3 is 38.9 Å². The Bertz CT molecular complexity index is 4530. The number of ether oxygens (including phenoxy) is 2. The molecule has 2 amide bonds. The fraction of sp³-hybridized carbons (Fsp3) is 0.467. The van der Waals surface area contributed by atoms with Crippen LogP contribution in [0.2, 0.25) is 10.0 Å². The van der Waals surface area contributed by atoms with E-state index in [-0.39, 0.29) is 128 Å². The molecule has 5 aromatic rings. The standard InChI is InChI=1S/C23H25ClFN3O6S.C22H23ClFN3O6S.C15H19IN2O5S/c1-4-11-8-13-9-15(27-35(3,32)33)18-16(21(30)22(34-2)19(20(11)29)28(13)18)23(31)26-10-12-6-5-7-14(24)17(12)25;1-3-10-7-12-8-14(26-34(2,32)33)17-15(20(29)21(30)18(19(10)28)27(12)17)22(31)25-9-11-5-4-6-13(23)16(11)24;1-4-7-5-8-6-9(17-24(3,21)22)11-10(16)14(20)15(23-2)12(13(7)19)18(8)11/h5-7,11,13,15,27H,4,8-10H2,1-3H3,(H,26,31);4-6,10,12,14,26,30H,3,7-9H2,1-2H3,(H,25,31);7-9,17H,4-6H2,1-3H3/t11?,13-,15-;10?,12-,14-;7?,8-,9-/m111/s1. The van der Waals surface area contributed by atoms with E-state index in [0.29, 0.717) is 59.9 Å². The highest BCUT2D eigenvalue weighted by atomic mass is 127. The van der Waals surface area contributed by atoms with Crippen molar-refractivity contribution < 1.29 is 72.6 Å². The molecule has 11 rings (SSSR count). The highest BCUT2D eigenvalue weighted by molar-refractivity contribution is 14.1. The molecule has 0 fully saturated rings. The fourth-order valence-electron chi connectivity index (χ4n) is 13.7. The largest absolute Gasteiger partial charge is 0.503 e. The maximum Gasteiger partial charge on any atom is 0.257 e. The van der Waals surface area contributed by atoms with Gasteiger partial charge in [-0.15, -0.1) is 0 Å². The summed E-state index contributed by atoms with van der Waals surface area (Å²) in [6, 6.07) is 5.50. The molecule has 25 nitrogen and oxygen atoms in total. The Morgan fingerprint density at radius 1 is 0.548 bits per heavy atom. The molecular weight excluding hydrogens is 1440 g/mol. The molecule has 3 unspecified atom stereocenters. The molecule has 0 saturated carbocycles. The van der Waals surface area contributed by atoms with Gasteiger partial charge in [-0.05, 0) is 92.5 Å². The third-order valence-electron chi connectivity index (χ3n) is 17.6. The van der Waals surface area contributed by atoms with Crippen molar-refractivity contribution in [2.24, 2.45) is 17.8 Å². The van der Waals surface area contributed by atoms with E-state index in [1.807, 2.05) is 47.9 Å². The molecule has 0 radical (unpaired) electrons. The molecule has 502 valence electrons. The quantitative estimate of drug-likeness (QED) is 0.0524. The van der Waals surface area contributed by atoms with Gasteiger partial charge in [0.05, 0.1) is 81.8 Å². The van der Waals surface area contributed by atoms with Crippen LogP contribution in [0, 0.1) is 33.0 Å². The SMILES string of the molecule is CCC1C[C@@H]2C[C@@H](NS(C)(=O)=O)c3c(C(=O)NCc4cccc(Cl)c4F)c(=O)c(O)c(n32)C1=O.CCC1C[C@@H]2C[C@@H](NS(C)(=O)=O)c3c(C(=O)NCc4cccc(Cl)c4F)c(=O)c(OC)c(n32)C1=O.CCC1C[C@@H]2C[C@@H](NS(C)(=O)=O)c3c(I)c(=O)c(OC)c(n32)C1=O. The third-order valence-corrected chi connectivity index (χ3v) is 21.4. The lowest BCUT2D eigenvalue weighted by atomic mass is 9.86. The van der Waals surface area contributed by atoms with E-state index in [0.717, 1.165) is 18.8 Å². The number of nitrogens with zero attached hydrogens (tertiary/aromatic N) is 3. The summed E-state index contributed by atoms with van der Waals surface area (Å²) in [7, 11) is -8.28. The Morgan fingerprint density at radius 3 is 1.25 bits per heavy atom. The summed E-state index contributed by atoms with van der Waals surface area (Å²) >= 11 is 13.5. The Morgan fingerprint density at radius 2 is 0.882 bits per heavy atom. The molecule has 2 aromatic carbocycles. The van der Waals surface area contributed by atoms with Gasteiger partial charge in [0, 0.05) is 60.1 Å². The van der Waals surface area contributed by atoms with Crippen molar-refractivity contribution in [3.63, 3.8) is 0 Å². The Balaban J connectivity index is 0.000000168. The first-order valence-electron chi connectivity index (χ1n) is 29.5. The number of sulfonamides is 3. The van der Waals surface area contributed by atoms with Gasteiger partial charge in [0.2, 0.25) is 46.4 Å². The van der Waals surface area contributed by atoms with Crippen LogP contribution >= 0.6 is 45.8 Å². The smallest absolute Gasteiger partial charge is 0.257 e. The lowest BCUT2D eigenvalue weighted by molar-refractivity contribution is 0.0840. The van der Waals surface area contributed by atoms with Crippen molar-refractivity contribution in [3.8, 4) is 17.2 Å². The van der Waals surface area contributed by atoms with Gasteiger partial charge in [-0.1, -0.05) is 68.2 Å². The number of nitrogens with one attached hydrogen (secondary N) is 5. The van der Waals surface area contributed by atoms with Gasteiger partial charge >= 0.3 is 0 Å². The van der Waals surface area contributed by atoms with Crippen LogP contribution in [-0.2, 0) is 43.2 Å². The average Bonchev–Trinajstić information content (AvgIpc) is 1.68. The van der Waals surface area contributed by atoms with Crippen molar-refractivity contribution in [2.75, 3.05) is 33.0 Å². The number of hydrogen-bond donors (Lipinski definition) is 6. The second-order valence-electron chi connectivity index (χ2n) is 23.7. The van der Waals surface area contributed by atoms with Gasteiger partial charge in [-0.25, -0.2) is 48.2 Å². The van der Waals surface area contributed by atoms with Crippen LogP contribution in [0.25, 0.3) is 0 Å². The number of hydrogen-bond acceptors (Lipinski definition) is 17. The molecule has 3 aromatic heterocycles. The average molecular weight is 1500 g/mol. The van der Waals surface area contributed by atoms with E-state index in [4.69, 9.17) is 32.7 Å². The summed E-state index contributed by atoms with van der Waals surface area (Å²) in [4.78, 5) is 105. The number of halogens is 5. The molecule has 0 bridgehead atoms. The molecular formula is C60H67Cl2F2IN8O17S3. The van der Waals surface area contributed by atoms with Crippen LogP contribution in [-0.4, -0.2) is 106 Å². The van der Waals surface area contributed by atoms with Crippen LogP contribution in [0.3, 0.4) is 0 Å². The number of ketones is 3. The molecule has 6 aliphatic heterocycles. The van der Waals surface area contributed by atoms with Crippen molar-refractivity contribution in [3.05, 3.63) is 149 Å². The Kier molecular flexibility index (Phi) is 20.8. The number of aromatic hydroxyl groups is 1. The number of Topliss-reactive ketones (excluding diaryl/α,β-unsaturated/α-hetero) is 3. The molecule has 0 aliphatic carbocycles. The van der Waals surface area contributed by atoms with E-state index in [9.17, 15) is 77.5 Å². The molecule has 9 heterocycles. The molecule has 0 spiro atoms. The Hall–Kier alpha value is -6.46. The number of rotatable bonds is 17. The number of carbonyl (C=O) groups is 5. The van der Waals surface area contributed by atoms with Crippen molar-refractivity contribution in [1.82, 2.24) is 38.5 Å². The summed E-state index contributed by atoms with van der Waals surface area (Å²) in [6.07, 6.45) is 7.21. The minimum absolute atomic E-state index is 0.0140. The highest BCUT2D eigenvalue weighted by Gasteiger charge is 2.49. The van der Waals surface area contributed by atoms with Crippen LogP contribution in [0.5, 0.6) is 17.2 Å². The van der Waals surface area contributed by atoms with E-state index in [1.165, 1.54) is 55.2 Å². The molecule has 6 N–H and O–H groups in total. The summed E-state index contributed by atoms with van der Waals surface area (Å²) in [5.41, 5.74) is -2.10. The van der Waals surface area contributed by atoms with Crippen molar-refractivity contribution >= 4 is 105 Å². The zero-order valence-electron chi connectivity index (χ0n) is 51.4. The number of pyridine rings is 3. The summed E-state index contributed by atoms with van der Waals surface area (Å²) in [5, 5.41) is 15.4. The highest BCUT2D eigenvalue weighted by Crippen LogP contribution is 2.50. The summed E-state index contributed by atoms with van der Waals surface area (Å²) in [6.45, 7) is 5.04. The first-order valence-corrected chi connectivity index (χ1v) is 37.0. The fourth-order valence-corrected chi connectivity index (χ4v) is 17.1. The topological polar surface area (TPSA) is 353 Å². The number of carbonyl (C=O) groups excluding carboxylic acids is 5. The predicted molar refractivity (Wildman–Crippen MR) is 346 cm³/mol. The maximum atomic E-state index is 14.3. The van der Waals surface area contributed by atoms with Gasteiger partial charge in [-0.2, -0.15) is 0 Å². The Labute approximate surface area is 557 Å². The van der Waals surface area contributed by atoms with Gasteiger partial charge in [0.15, 0.2) is 34.6 Å². The molecule has 93 heavy (non-hydrogen) atoms. The number of aromatic nitrogens is 3. The first kappa shape index (κ1) is 70.8. The van der Waals surface area contributed by atoms with Crippen LogP contribution in [0.1, 0.15) is 195 Å². The normalized spacial score (nSPS) is 22.4. The van der Waals surface area contributed by atoms with Crippen molar-refractivity contribution in [1.29, 1.82) is 0 Å². The number of benzene rings is 2. The maximum absolute atomic E-state index is 14.3. The second kappa shape index (κ2) is 27.3. The second-order valence-corrected chi connectivity index (χ2v) is 30.9. The van der Waals surface area contributed by atoms with E-state index >= 15 is 0 Å². The molecule has 6 aliphatic rings. The lowest BCUT2D eigenvalue weighted by Crippen LogP contribution is -2.38. The molecule has 33 heteroatoms. The van der Waals surface area contributed by atoms with E-state index in [1.54, 1.807) is 4.57 Å². The molecule has 9 atom stereocenters. The summed E-state index contributed by atoms with van der Waals surface area (Å²) < 4.78 is 124. The predicted octanol–water partition coefficient (Wildman–Crippen LogP) is 6.76. The number of amides is 2. The van der Waals surface area contributed by atoms with E-state index < -0.39 is 112 Å².